The number of ether oxygens (including phenoxy) is 1. The molecule has 8 nitrogen and oxygen atoms in total. The van der Waals surface area contributed by atoms with Gasteiger partial charge < -0.3 is 15.0 Å². The number of aromatic amines is 1. The first-order valence-electron chi connectivity index (χ1n) is 13.8. The van der Waals surface area contributed by atoms with E-state index in [1.165, 1.54) is 0 Å². The molecule has 1 amide bonds. The summed E-state index contributed by atoms with van der Waals surface area (Å²) < 4.78 is 23.7. The molecule has 3 atom stereocenters. The fourth-order valence-electron chi connectivity index (χ4n) is 4.52. The molecular formula is C32H37N3O5P+. The number of esters is 1. The summed E-state index contributed by atoms with van der Waals surface area (Å²) in [4.78, 5) is 30.1. The second kappa shape index (κ2) is 15.2. The average molecular weight is 575 g/mol. The number of fused-ring (bicyclic) bond motifs is 1. The third kappa shape index (κ3) is 9.35. The molecule has 0 radical (unpaired) electrons. The van der Waals surface area contributed by atoms with Gasteiger partial charge in [0, 0.05) is 23.5 Å². The fourth-order valence-corrected chi connectivity index (χ4v) is 5.27. The van der Waals surface area contributed by atoms with Crippen LogP contribution in [0.3, 0.4) is 0 Å². The van der Waals surface area contributed by atoms with Crippen LogP contribution in [0.4, 0.5) is 0 Å². The summed E-state index contributed by atoms with van der Waals surface area (Å²) in [5.41, 5.74) is 3.62. The highest BCUT2D eigenvalue weighted by molar-refractivity contribution is 7.39. The van der Waals surface area contributed by atoms with Gasteiger partial charge >= 0.3 is 14.0 Å². The van der Waals surface area contributed by atoms with E-state index in [-0.39, 0.29) is 37.7 Å². The summed E-state index contributed by atoms with van der Waals surface area (Å²) in [7, 11) is -2.04. The maximum atomic E-state index is 13.5. The van der Waals surface area contributed by atoms with E-state index in [0.29, 0.717) is 6.42 Å². The Morgan fingerprint density at radius 3 is 2.17 bits per heavy atom. The minimum Gasteiger partial charge on any atom is -0.459 e. The number of aromatic nitrogens is 1. The van der Waals surface area contributed by atoms with Gasteiger partial charge in [-0.15, -0.1) is 4.52 Å². The Labute approximate surface area is 241 Å². The standard InChI is InChI=1S/C32H36N3O5P/c1-23(2)17-29(34-22-41(38)40-21-25-13-7-4-8-14-25)31(36)35-30(32(37)39-20-24-11-5-3-6-12-24)18-26-19-33-28-16-10-9-15-27(26)28/h3-16,19,23,29-30,33-34H,17-18,20-22H2,1-2H3/p+1. The van der Waals surface area contributed by atoms with Crippen molar-refractivity contribution in [2.45, 2.75) is 52.0 Å². The summed E-state index contributed by atoms with van der Waals surface area (Å²) >= 11 is 0. The zero-order chi connectivity index (χ0) is 29.0. The first kappa shape index (κ1) is 30.1. The lowest BCUT2D eigenvalue weighted by Gasteiger charge is -2.23. The number of hydrogen-bond acceptors (Lipinski definition) is 6. The van der Waals surface area contributed by atoms with Crippen LogP contribution in [0.25, 0.3) is 10.9 Å². The molecule has 4 rings (SSSR count). The number of carbonyl (C=O) groups is 2. The molecule has 0 fully saturated rings. The lowest BCUT2D eigenvalue weighted by molar-refractivity contribution is -0.149. The van der Waals surface area contributed by atoms with Gasteiger partial charge in [0.05, 0.1) is 6.04 Å². The first-order chi connectivity index (χ1) is 19.9. The molecule has 3 aromatic carbocycles. The van der Waals surface area contributed by atoms with Gasteiger partial charge in [-0.2, -0.15) is 0 Å². The van der Waals surface area contributed by atoms with Gasteiger partial charge in [0.1, 0.15) is 19.3 Å². The first-order valence-corrected chi connectivity index (χ1v) is 15.2. The van der Waals surface area contributed by atoms with Gasteiger partial charge in [0.25, 0.3) is 0 Å². The van der Waals surface area contributed by atoms with E-state index in [4.69, 9.17) is 9.26 Å². The van der Waals surface area contributed by atoms with Gasteiger partial charge in [0.15, 0.2) is 0 Å². The summed E-state index contributed by atoms with van der Waals surface area (Å²) in [5.74, 6) is -0.696. The average Bonchev–Trinajstić information content (AvgIpc) is 3.40. The molecule has 0 saturated carbocycles. The highest BCUT2D eigenvalue weighted by Crippen LogP contribution is 2.24. The van der Waals surface area contributed by atoms with Gasteiger partial charge in [0.2, 0.25) is 12.2 Å². The highest BCUT2D eigenvalue weighted by Gasteiger charge is 2.30. The van der Waals surface area contributed by atoms with Crippen LogP contribution in [0.15, 0.2) is 91.1 Å². The minimum atomic E-state index is -2.04. The maximum absolute atomic E-state index is 13.5. The van der Waals surface area contributed by atoms with Crippen molar-refractivity contribution in [3.8, 4) is 0 Å². The number of nitrogens with one attached hydrogen (secondary N) is 3. The third-order valence-electron chi connectivity index (χ3n) is 6.63. The summed E-state index contributed by atoms with van der Waals surface area (Å²) in [6, 6.07) is 25.1. The van der Waals surface area contributed by atoms with Crippen molar-refractivity contribution >= 4 is 30.8 Å². The molecule has 0 saturated heterocycles. The third-order valence-corrected chi connectivity index (χ3v) is 7.49. The van der Waals surface area contributed by atoms with Gasteiger partial charge in [-0.3, -0.25) is 10.1 Å². The molecule has 9 heteroatoms. The number of amides is 1. The monoisotopic (exact) mass is 574 g/mol. The van der Waals surface area contributed by atoms with Crippen LogP contribution in [0, 0.1) is 5.92 Å². The Balaban J connectivity index is 1.43. The molecule has 0 aliphatic rings. The number of hydrogen-bond donors (Lipinski definition) is 3. The molecular weight excluding hydrogens is 537 g/mol. The van der Waals surface area contributed by atoms with E-state index >= 15 is 0 Å². The van der Waals surface area contributed by atoms with Gasteiger partial charge in [-0.25, -0.2) is 4.79 Å². The van der Waals surface area contributed by atoms with Crippen molar-refractivity contribution in [2.75, 3.05) is 6.29 Å². The predicted octanol–water partition coefficient (Wildman–Crippen LogP) is 5.86. The number of carbonyl (C=O) groups excluding carboxylic acids is 2. The molecule has 214 valence electrons. The smallest absolute Gasteiger partial charge is 0.459 e. The number of H-pyrrole nitrogens is 1. The Morgan fingerprint density at radius 1 is 0.854 bits per heavy atom. The largest absolute Gasteiger partial charge is 0.524 e. The van der Waals surface area contributed by atoms with E-state index in [9.17, 15) is 14.2 Å². The normalized spacial score (nSPS) is 13.1. The SMILES string of the molecule is CC(C)CC(NC[P+](=O)OCc1ccccc1)C(=O)NC(Cc1c[nH]c2ccccc12)C(=O)OCc1ccccc1. The molecule has 3 unspecified atom stereocenters. The fraction of sp³-hybridized carbons (Fsp3) is 0.312. The minimum absolute atomic E-state index is 0.0124. The number of rotatable bonds is 15. The van der Waals surface area contributed by atoms with Crippen molar-refractivity contribution in [3.63, 3.8) is 0 Å². The van der Waals surface area contributed by atoms with E-state index in [1.807, 2.05) is 105 Å². The summed E-state index contributed by atoms with van der Waals surface area (Å²) in [6.07, 6.45) is 2.62. The van der Waals surface area contributed by atoms with Crippen LogP contribution in [0.5, 0.6) is 0 Å². The molecule has 1 heterocycles. The second-order valence-electron chi connectivity index (χ2n) is 10.4. The lowest BCUT2D eigenvalue weighted by atomic mass is 10.0. The zero-order valence-electron chi connectivity index (χ0n) is 23.4. The quantitative estimate of drug-likeness (QED) is 0.121. The second-order valence-corrected chi connectivity index (χ2v) is 11.6. The molecule has 0 aliphatic carbocycles. The van der Waals surface area contributed by atoms with Crippen molar-refractivity contribution in [3.05, 3.63) is 108 Å². The van der Waals surface area contributed by atoms with Crippen molar-refractivity contribution in [1.82, 2.24) is 15.6 Å². The zero-order valence-corrected chi connectivity index (χ0v) is 24.3. The van der Waals surface area contributed by atoms with Crippen molar-refractivity contribution in [2.24, 2.45) is 5.92 Å². The van der Waals surface area contributed by atoms with Gasteiger partial charge in [-0.05, 0) is 39.7 Å². The molecule has 0 spiro atoms. The summed E-state index contributed by atoms with van der Waals surface area (Å²) in [5, 5.41) is 6.99. The van der Waals surface area contributed by atoms with Crippen LogP contribution in [0.1, 0.15) is 37.0 Å². The van der Waals surface area contributed by atoms with Crippen molar-refractivity contribution in [1.29, 1.82) is 0 Å². The van der Waals surface area contributed by atoms with Crippen LogP contribution < -0.4 is 10.6 Å². The van der Waals surface area contributed by atoms with E-state index in [1.54, 1.807) is 0 Å². The predicted molar refractivity (Wildman–Crippen MR) is 160 cm³/mol. The van der Waals surface area contributed by atoms with Crippen LogP contribution in [0.2, 0.25) is 0 Å². The summed E-state index contributed by atoms with van der Waals surface area (Å²) in [6.45, 7) is 4.34. The molecule has 0 aliphatic heterocycles. The molecule has 0 bridgehead atoms. The van der Waals surface area contributed by atoms with Crippen LogP contribution >= 0.6 is 8.03 Å². The van der Waals surface area contributed by atoms with E-state index in [2.05, 4.69) is 15.6 Å². The highest BCUT2D eigenvalue weighted by atomic mass is 31.1. The number of para-hydroxylation sites is 1. The molecule has 3 N–H and O–H groups in total. The Hall–Kier alpha value is -3.84. The molecule has 41 heavy (non-hydrogen) atoms. The lowest BCUT2D eigenvalue weighted by Crippen LogP contribution is -2.51. The molecule has 4 aromatic rings. The Bertz CT molecular complexity index is 1430. The van der Waals surface area contributed by atoms with Crippen LogP contribution in [-0.4, -0.2) is 35.2 Å². The Morgan fingerprint density at radius 2 is 1.49 bits per heavy atom. The van der Waals surface area contributed by atoms with E-state index < -0.39 is 26.1 Å². The topological polar surface area (TPSA) is 110 Å². The van der Waals surface area contributed by atoms with Crippen LogP contribution in [-0.2, 0) is 43.0 Å². The Kier molecular flexibility index (Phi) is 11.2. The van der Waals surface area contributed by atoms with Gasteiger partial charge in [-0.1, -0.05) is 92.7 Å². The maximum Gasteiger partial charge on any atom is 0.524 e. The number of benzene rings is 3. The van der Waals surface area contributed by atoms with E-state index in [0.717, 1.165) is 27.6 Å². The molecule has 1 aromatic heterocycles. The van der Waals surface area contributed by atoms with Crippen molar-refractivity contribution < 1.29 is 23.4 Å².